The van der Waals surface area contributed by atoms with Crippen molar-refractivity contribution in [3.63, 3.8) is 0 Å². The Morgan fingerprint density at radius 3 is 2.19 bits per heavy atom. The van der Waals surface area contributed by atoms with Crippen LogP contribution in [0.2, 0.25) is 0 Å². The highest BCUT2D eigenvalue weighted by atomic mass is 16.5. The highest BCUT2D eigenvalue weighted by Crippen LogP contribution is 2.45. The van der Waals surface area contributed by atoms with Gasteiger partial charge in [0.25, 0.3) is 0 Å². The molecule has 4 nitrogen and oxygen atoms in total. The number of carbonyl (C=O) groups is 1. The van der Waals surface area contributed by atoms with Gasteiger partial charge >= 0.3 is 6.09 Å². The summed E-state index contributed by atoms with van der Waals surface area (Å²) in [7, 11) is 0. The summed E-state index contributed by atoms with van der Waals surface area (Å²) in [5.74, 6) is 0.419. The van der Waals surface area contributed by atoms with E-state index in [2.05, 4.69) is 42.6 Å². The highest BCUT2D eigenvalue weighted by Gasteiger charge is 2.40. The van der Waals surface area contributed by atoms with E-state index >= 15 is 0 Å². The van der Waals surface area contributed by atoms with E-state index in [9.17, 15) is 9.90 Å². The average Bonchev–Trinajstić information content (AvgIpc) is 3.14. The quantitative estimate of drug-likeness (QED) is 0.609. The summed E-state index contributed by atoms with van der Waals surface area (Å²) in [6, 6.07) is 24.6. The van der Waals surface area contributed by atoms with Gasteiger partial charge in [0.05, 0.1) is 12.1 Å². The second kappa shape index (κ2) is 7.86. The topological polar surface area (TPSA) is 58.6 Å². The van der Waals surface area contributed by atoms with E-state index in [4.69, 9.17) is 4.74 Å². The molecule has 2 atom stereocenters. The van der Waals surface area contributed by atoms with Crippen molar-refractivity contribution < 1.29 is 14.6 Å². The first-order valence-electron chi connectivity index (χ1n) is 11.0. The first-order valence-corrected chi connectivity index (χ1v) is 11.0. The molecule has 3 aromatic carbocycles. The number of fused-ring (bicyclic) bond motifs is 4. The van der Waals surface area contributed by atoms with Crippen LogP contribution in [-0.4, -0.2) is 24.4 Å². The second-order valence-electron chi connectivity index (χ2n) is 8.72. The van der Waals surface area contributed by atoms with Gasteiger partial charge in [0.15, 0.2) is 0 Å². The zero-order chi connectivity index (χ0) is 21.4. The maximum Gasteiger partial charge on any atom is 0.407 e. The zero-order valence-electron chi connectivity index (χ0n) is 17.7. The van der Waals surface area contributed by atoms with E-state index < -0.39 is 11.6 Å². The lowest BCUT2D eigenvalue weighted by atomic mass is 9.73. The van der Waals surface area contributed by atoms with Gasteiger partial charge in [0, 0.05) is 5.92 Å². The minimum Gasteiger partial charge on any atom is -0.449 e. The molecule has 1 amide bonds. The van der Waals surface area contributed by atoms with E-state index in [1.807, 2.05) is 42.5 Å². The Labute approximate surface area is 182 Å². The van der Waals surface area contributed by atoms with Crippen molar-refractivity contribution in [2.75, 3.05) is 13.2 Å². The van der Waals surface area contributed by atoms with E-state index in [-0.39, 0.29) is 19.1 Å². The minimum absolute atomic E-state index is 0.0156. The van der Waals surface area contributed by atoms with E-state index in [1.54, 1.807) is 0 Å². The summed E-state index contributed by atoms with van der Waals surface area (Å²) < 4.78 is 5.75. The number of benzene rings is 3. The summed E-state index contributed by atoms with van der Waals surface area (Å²) in [5.41, 5.74) is 6.15. The molecule has 2 aliphatic rings. The van der Waals surface area contributed by atoms with Gasteiger partial charge in [-0.3, -0.25) is 0 Å². The lowest BCUT2D eigenvalue weighted by Crippen LogP contribution is -2.51. The summed E-state index contributed by atoms with van der Waals surface area (Å²) in [4.78, 5) is 12.9. The minimum atomic E-state index is -0.800. The fraction of sp³-hybridized carbons (Fsp3) is 0.296. The maximum absolute atomic E-state index is 12.9. The molecule has 158 valence electrons. The third-order valence-electron chi connectivity index (χ3n) is 6.97. The largest absolute Gasteiger partial charge is 0.449 e. The van der Waals surface area contributed by atoms with Crippen molar-refractivity contribution in [1.29, 1.82) is 0 Å². The van der Waals surface area contributed by atoms with Gasteiger partial charge in [0.2, 0.25) is 0 Å². The van der Waals surface area contributed by atoms with Crippen LogP contribution in [0.1, 0.15) is 53.9 Å². The van der Waals surface area contributed by atoms with Crippen LogP contribution in [0.3, 0.4) is 0 Å². The number of nitrogens with one attached hydrogen (secondary N) is 1. The van der Waals surface area contributed by atoms with Crippen LogP contribution in [0.5, 0.6) is 0 Å². The van der Waals surface area contributed by atoms with Gasteiger partial charge in [-0.2, -0.15) is 0 Å². The molecular weight excluding hydrogens is 386 g/mol. The van der Waals surface area contributed by atoms with Crippen molar-refractivity contribution in [3.05, 3.63) is 95.1 Å². The molecule has 0 spiro atoms. The third-order valence-corrected chi connectivity index (χ3v) is 6.97. The molecule has 0 radical (unpaired) electrons. The molecule has 0 saturated carbocycles. The van der Waals surface area contributed by atoms with Gasteiger partial charge in [-0.25, -0.2) is 4.79 Å². The molecule has 0 bridgehead atoms. The number of hydrogen-bond acceptors (Lipinski definition) is 3. The number of alkyl carbamates (subject to hydrolysis) is 1. The Balaban J connectivity index is 1.36. The van der Waals surface area contributed by atoms with Crippen LogP contribution < -0.4 is 5.32 Å². The monoisotopic (exact) mass is 413 g/mol. The van der Waals surface area contributed by atoms with E-state index in [1.165, 1.54) is 27.8 Å². The Morgan fingerprint density at radius 1 is 0.968 bits per heavy atom. The lowest BCUT2D eigenvalue weighted by Gasteiger charge is -2.40. The van der Waals surface area contributed by atoms with Crippen molar-refractivity contribution >= 4 is 6.09 Å². The van der Waals surface area contributed by atoms with Crippen LogP contribution >= 0.6 is 0 Å². The average molecular weight is 414 g/mol. The Kier molecular flexibility index (Phi) is 5.03. The first kappa shape index (κ1) is 19.8. The van der Waals surface area contributed by atoms with Gasteiger partial charge in [-0.05, 0) is 52.1 Å². The molecule has 0 fully saturated rings. The van der Waals surface area contributed by atoms with E-state index in [0.29, 0.717) is 12.3 Å². The molecule has 0 heterocycles. The highest BCUT2D eigenvalue weighted by molar-refractivity contribution is 5.79. The Morgan fingerprint density at radius 2 is 1.55 bits per heavy atom. The number of aliphatic hydroxyl groups is 1. The van der Waals surface area contributed by atoms with Gasteiger partial charge in [-0.15, -0.1) is 0 Å². The molecular formula is C27H27NO3. The molecule has 0 saturated heterocycles. The summed E-state index contributed by atoms with van der Waals surface area (Å²) in [5, 5.41) is 13.3. The molecule has 0 aromatic heterocycles. The molecule has 31 heavy (non-hydrogen) atoms. The van der Waals surface area contributed by atoms with Gasteiger partial charge in [0.1, 0.15) is 6.61 Å². The number of amides is 1. The summed E-state index contributed by atoms with van der Waals surface area (Å²) in [6.07, 6.45) is 1.10. The lowest BCUT2D eigenvalue weighted by molar-refractivity contribution is 0.0986. The molecule has 2 N–H and O–H groups in total. The molecule has 0 aliphatic heterocycles. The summed E-state index contributed by atoms with van der Waals surface area (Å²) >= 11 is 0. The predicted molar refractivity (Wildman–Crippen MR) is 121 cm³/mol. The van der Waals surface area contributed by atoms with Crippen LogP contribution in [0.25, 0.3) is 11.1 Å². The van der Waals surface area contributed by atoms with Crippen LogP contribution in [-0.2, 0) is 10.3 Å². The zero-order valence-corrected chi connectivity index (χ0v) is 17.7. The molecule has 2 unspecified atom stereocenters. The number of ether oxygens (including phenoxy) is 1. The molecule has 2 aliphatic carbocycles. The van der Waals surface area contributed by atoms with Gasteiger partial charge in [-0.1, -0.05) is 79.7 Å². The standard InChI is InChI=1S/C27H27NO3/c1-18-14-15-27(17-29,25-13-7-6-8-19(18)25)28-26(30)31-16-24-22-11-4-2-9-20(22)21-10-3-5-12-23(21)24/h2-13,18,24,29H,14-17H2,1H3,(H,28,30). The van der Waals surface area contributed by atoms with E-state index in [0.717, 1.165) is 12.0 Å². The number of aliphatic hydroxyl groups excluding tert-OH is 1. The normalized spacial score (nSPS) is 21.7. The SMILES string of the molecule is CC1CCC(CO)(NC(=O)OCC2c3ccccc3-c3ccccc32)c2ccccc21. The first-order chi connectivity index (χ1) is 15.1. The van der Waals surface area contributed by atoms with Crippen LogP contribution in [0.4, 0.5) is 4.79 Å². The van der Waals surface area contributed by atoms with Crippen molar-refractivity contribution in [1.82, 2.24) is 5.32 Å². The molecule has 4 heteroatoms. The fourth-order valence-electron chi connectivity index (χ4n) is 5.28. The van der Waals surface area contributed by atoms with Crippen LogP contribution in [0.15, 0.2) is 72.8 Å². The fourth-order valence-corrected chi connectivity index (χ4v) is 5.28. The smallest absolute Gasteiger partial charge is 0.407 e. The van der Waals surface area contributed by atoms with Crippen molar-refractivity contribution in [2.24, 2.45) is 0 Å². The Hall–Kier alpha value is -3.11. The number of carbonyl (C=O) groups excluding carboxylic acids is 1. The maximum atomic E-state index is 12.9. The van der Waals surface area contributed by atoms with Gasteiger partial charge < -0.3 is 15.2 Å². The Bertz CT molecular complexity index is 1080. The van der Waals surface area contributed by atoms with Crippen molar-refractivity contribution in [3.8, 4) is 11.1 Å². The molecule has 3 aromatic rings. The third kappa shape index (κ3) is 3.31. The number of hydrogen-bond donors (Lipinski definition) is 2. The number of rotatable bonds is 4. The molecule has 5 rings (SSSR count). The second-order valence-corrected chi connectivity index (χ2v) is 8.72. The predicted octanol–water partition coefficient (Wildman–Crippen LogP) is 5.31. The van der Waals surface area contributed by atoms with Crippen LogP contribution in [0, 0.1) is 0 Å². The van der Waals surface area contributed by atoms with Crippen molar-refractivity contribution in [2.45, 2.75) is 37.1 Å². The summed E-state index contributed by atoms with van der Waals surface area (Å²) in [6.45, 7) is 2.30.